The van der Waals surface area contributed by atoms with Crippen LogP contribution in [0.5, 0.6) is 0 Å². The van der Waals surface area contributed by atoms with Crippen molar-refractivity contribution in [3.05, 3.63) is 75.7 Å². The summed E-state index contributed by atoms with van der Waals surface area (Å²) in [5.41, 5.74) is 8.70. The van der Waals surface area contributed by atoms with Crippen molar-refractivity contribution in [2.45, 2.75) is 119 Å². The van der Waals surface area contributed by atoms with E-state index in [2.05, 4.69) is 112 Å². The average molecular weight is 535 g/mol. The molecule has 0 amide bonds. The molecule has 0 fully saturated rings. The van der Waals surface area contributed by atoms with Gasteiger partial charge in [0.2, 0.25) is 0 Å². The van der Waals surface area contributed by atoms with Crippen molar-refractivity contribution in [1.29, 1.82) is 0 Å². The van der Waals surface area contributed by atoms with Gasteiger partial charge in [0.15, 0.2) is 0 Å². The summed E-state index contributed by atoms with van der Waals surface area (Å²) in [6.07, 6.45) is 2.11. The molecule has 5 heteroatoms. The van der Waals surface area contributed by atoms with Crippen molar-refractivity contribution in [2.75, 3.05) is 0 Å². The first-order valence-electron chi connectivity index (χ1n) is 13.4. The van der Waals surface area contributed by atoms with Crippen molar-refractivity contribution >= 4 is 34.4 Å². The standard InChI is InChI=1S/C29H41N2.C4H9O.Al.H2O/c1-18(2)24-13-11-14-25(19(3)4)28(24)30-22(9)17-23(10)31-29-26(20(5)6)15-12-16-27(29)21(7)8;1-4(2,3)5;;/h11-21H,1-10H3;1-3H3;;1H2/q2*-1;+3;/p-1/b22-17-,31-23?;;;. The molecule has 0 aliphatic carbocycles. The topological polar surface area (TPSA) is 79.5 Å². The maximum Gasteiger partial charge on any atom is 3.00 e. The van der Waals surface area contributed by atoms with E-state index in [1.807, 2.05) is 0 Å². The zero-order chi connectivity index (χ0) is 27.8. The number of para-hydroxylation sites is 2. The van der Waals surface area contributed by atoms with Crippen LogP contribution in [-0.4, -0.2) is 34.1 Å². The largest absolute Gasteiger partial charge is 3.00 e. The second-order valence-electron chi connectivity index (χ2n) is 12.0. The molecule has 0 spiro atoms. The van der Waals surface area contributed by atoms with Gasteiger partial charge in [0.25, 0.3) is 0 Å². The van der Waals surface area contributed by atoms with Crippen molar-refractivity contribution in [1.82, 2.24) is 0 Å². The molecular weight excluding hydrogens is 483 g/mol. The molecule has 0 bridgehead atoms. The van der Waals surface area contributed by atoms with Crippen molar-refractivity contribution in [3.63, 3.8) is 0 Å². The van der Waals surface area contributed by atoms with Crippen molar-refractivity contribution < 1.29 is 10.6 Å². The molecule has 4 nitrogen and oxygen atoms in total. The fourth-order valence-corrected chi connectivity index (χ4v) is 4.00. The average Bonchev–Trinajstić information content (AvgIpc) is 2.71. The van der Waals surface area contributed by atoms with E-state index in [1.54, 1.807) is 20.8 Å². The predicted octanol–water partition coefficient (Wildman–Crippen LogP) is 9.47. The van der Waals surface area contributed by atoms with Crippen LogP contribution in [0, 0.1) is 0 Å². The summed E-state index contributed by atoms with van der Waals surface area (Å²) in [5, 5.41) is 15.2. The molecule has 0 atom stereocenters. The summed E-state index contributed by atoms with van der Waals surface area (Å²) >= 11 is 0. The molecule has 0 aliphatic rings. The van der Waals surface area contributed by atoms with Crippen LogP contribution >= 0.6 is 0 Å². The third-order valence-corrected chi connectivity index (χ3v) is 5.68. The fourth-order valence-electron chi connectivity index (χ4n) is 4.00. The molecule has 38 heavy (non-hydrogen) atoms. The molecule has 2 aromatic carbocycles. The molecule has 0 unspecified atom stereocenters. The van der Waals surface area contributed by atoms with E-state index in [4.69, 9.17) is 10.3 Å². The first-order chi connectivity index (χ1) is 16.5. The van der Waals surface area contributed by atoms with Crippen LogP contribution in [0.4, 0.5) is 11.4 Å². The number of nitrogens with zero attached hydrogens (tertiary/aromatic N) is 2. The molecule has 0 aliphatic heterocycles. The fraction of sp³-hybridized carbons (Fsp3) is 0.545. The summed E-state index contributed by atoms with van der Waals surface area (Å²) < 4.78 is 0. The van der Waals surface area contributed by atoms with Crippen LogP contribution in [0.3, 0.4) is 0 Å². The van der Waals surface area contributed by atoms with Gasteiger partial charge in [-0.3, -0.25) is 4.99 Å². The number of hydrogen-bond acceptors (Lipinski definition) is 3. The number of hydrogen-bond donors (Lipinski definition) is 0. The summed E-state index contributed by atoms with van der Waals surface area (Å²) in [4.78, 5) is 5.08. The number of allylic oxidation sites excluding steroid dienone is 2. The second kappa shape index (κ2) is 16.9. The quantitative estimate of drug-likeness (QED) is 0.250. The van der Waals surface area contributed by atoms with E-state index in [9.17, 15) is 5.11 Å². The van der Waals surface area contributed by atoms with E-state index in [0.29, 0.717) is 23.7 Å². The van der Waals surface area contributed by atoms with Crippen LogP contribution in [0.15, 0.2) is 53.2 Å². The van der Waals surface area contributed by atoms with Gasteiger partial charge in [-0.2, -0.15) is 5.70 Å². The molecule has 2 aromatic rings. The zero-order valence-corrected chi connectivity index (χ0v) is 27.3. The Bertz CT molecular complexity index is 987. The minimum Gasteiger partial charge on any atom is -0.870 e. The molecule has 0 heterocycles. The maximum absolute atomic E-state index is 10.1. The number of benzene rings is 2. The van der Waals surface area contributed by atoms with E-state index in [-0.39, 0.29) is 22.8 Å². The molecule has 1 N–H and O–H groups in total. The van der Waals surface area contributed by atoms with Crippen molar-refractivity contribution in [2.24, 2.45) is 4.99 Å². The maximum atomic E-state index is 10.1. The van der Waals surface area contributed by atoms with Gasteiger partial charge in [-0.05, 0) is 41.7 Å². The Morgan fingerprint density at radius 2 is 1.05 bits per heavy atom. The Morgan fingerprint density at radius 1 is 0.737 bits per heavy atom. The van der Waals surface area contributed by atoms with Gasteiger partial charge < -0.3 is 15.9 Å². The van der Waals surface area contributed by atoms with Crippen LogP contribution in [-0.2, 0) is 0 Å². The SMILES string of the molecule is CC(/C=C(/C)[N-]c1c(C(C)C)cccc1C(C)C)=Nc1c(C(C)C)cccc1C(C)C.CC(C)(C)[O-].[Al+3].[OH-]. The van der Waals surface area contributed by atoms with Crippen LogP contribution < -0.4 is 5.11 Å². The molecule has 0 aromatic heterocycles. The molecule has 208 valence electrons. The first-order valence-corrected chi connectivity index (χ1v) is 13.4. The smallest absolute Gasteiger partial charge is 0.870 e. The third-order valence-electron chi connectivity index (χ3n) is 5.68. The number of aliphatic imine (C=N–C) groups is 1. The molecule has 2 rings (SSSR count). The van der Waals surface area contributed by atoms with Crippen LogP contribution in [0.25, 0.3) is 5.32 Å². The first kappa shape index (κ1) is 38.3. The molecule has 0 radical (unpaired) electrons. The number of rotatable bonds is 8. The minimum atomic E-state index is -0.750. The van der Waals surface area contributed by atoms with Crippen LogP contribution in [0.1, 0.15) is 136 Å². The third kappa shape index (κ3) is 12.8. The monoisotopic (exact) mass is 534 g/mol. The van der Waals surface area contributed by atoms with Crippen LogP contribution in [0.2, 0.25) is 0 Å². The van der Waals surface area contributed by atoms with Gasteiger partial charge in [-0.1, -0.05) is 137 Å². The Morgan fingerprint density at radius 3 is 1.37 bits per heavy atom. The molecular formula is C33H51AlN2O2. The van der Waals surface area contributed by atoms with Gasteiger partial charge in [-0.15, -0.1) is 11.3 Å². The predicted molar refractivity (Wildman–Crippen MR) is 166 cm³/mol. The second-order valence-corrected chi connectivity index (χ2v) is 12.0. The van der Waals surface area contributed by atoms with Gasteiger partial charge in [0.1, 0.15) is 0 Å². The Labute approximate surface area is 244 Å². The van der Waals surface area contributed by atoms with Gasteiger partial charge in [0.05, 0.1) is 5.69 Å². The zero-order valence-electron chi connectivity index (χ0n) is 26.2. The van der Waals surface area contributed by atoms with Gasteiger partial charge in [-0.25, -0.2) is 0 Å². The molecule has 0 saturated carbocycles. The minimum absolute atomic E-state index is 0. The van der Waals surface area contributed by atoms with Gasteiger partial charge >= 0.3 is 17.4 Å². The van der Waals surface area contributed by atoms with E-state index in [0.717, 1.165) is 22.8 Å². The summed E-state index contributed by atoms with van der Waals surface area (Å²) in [5.74, 6) is 1.75. The Hall–Kier alpha value is -1.90. The van der Waals surface area contributed by atoms with Crippen molar-refractivity contribution in [3.8, 4) is 0 Å². The Kier molecular flexibility index (Phi) is 17.0. The van der Waals surface area contributed by atoms with E-state index < -0.39 is 5.60 Å². The normalized spacial score (nSPS) is 12.3. The summed E-state index contributed by atoms with van der Waals surface area (Å²) in [6, 6.07) is 13.1. The van der Waals surface area contributed by atoms with E-state index in [1.165, 1.54) is 22.3 Å². The molecule has 0 saturated heterocycles. The summed E-state index contributed by atoms with van der Waals surface area (Å²) in [6.45, 7) is 27.0. The Balaban J connectivity index is 0. The van der Waals surface area contributed by atoms with Gasteiger partial charge in [0, 0.05) is 5.71 Å². The van der Waals surface area contributed by atoms with E-state index >= 15 is 0 Å². The summed E-state index contributed by atoms with van der Waals surface area (Å²) in [7, 11) is 0.